The van der Waals surface area contributed by atoms with Crippen molar-refractivity contribution in [2.75, 3.05) is 27.3 Å². The summed E-state index contributed by atoms with van der Waals surface area (Å²) in [6.45, 7) is 1.08. The molecule has 1 amide bonds. The highest BCUT2D eigenvalue weighted by atomic mass is 16.5. The summed E-state index contributed by atoms with van der Waals surface area (Å²) in [5, 5.41) is 0. The monoisotopic (exact) mass is 214 g/mol. The molecule has 1 fully saturated rings. The SMILES string of the molecule is COCC(N)CN(C)C(=O)CC1CCC1. The molecule has 0 aromatic heterocycles. The molecule has 15 heavy (non-hydrogen) atoms. The Kier molecular flexibility index (Phi) is 5.05. The van der Waals surface area contributed by atoms with E-state index in [2.05, 4.69) is 0 Å². The number of amides is 1. The van der Waals surface area contributed by atoms with Crippen LogP contribution in [0.1, 0.15) is 25.7 Å². The zero-order valence-corrected chi connectivity index (χ0v) is 9.74. The Morgan fingerprint density at radius 3 is 2.73 bits per heavy atom. The number of carbonyl (C=O) groups is 1. The second-order valence-electron chi connectivity index (χ2n) is 4.49. The summed E-state index contributed by atoms with van der Waals surface area (Å²) < 4.78 is 4.93. The molecule has 0 spiro atoms. The zero-order chi connectivity index (χ0) is 11.3. The van der Waals surface area contributed by atoms with Crippen molar-refractivity contribution in [3.8, 4) is 0 Å². The summed E-state index contributed by atoms with van der Waals surface area (Å²) in [6, 6.07) is -0.0784. The summed E-state index contributed by atoms with van der Waals surface area (Å²) in [5.74, 6) is 0.838. The summed E-state index contributed by atoms with van der Waals surface area (Å²) in [7, 11) is 3.44. The lowest BCUT2D eigenvalue weighted by Gasteiger charge is -2.28. The van der Waals surface area contributed by atoms with Gasteiger partial charge in [0.1, 0.15) is 0 Å². The molecule has 1 atom stereocenters. The van der Waals surface area contributed by atoms with Crippen molar-refractivity contribution < 1.29 is 9.53 Å². The number of likely N-dealkylation sites (N-methyl/N-ethyl adjacent to an activating group) is 1. The van der Waals surface area contributed by atoms with Crippen LogP contribution in [0.2, 0.25) is 0 Å². The molecule has 1 aliphatic carbocycles. The molecule has 0 aromatic carbocycles. The van der Waals surface area contributed by atoms with Crippen molar-refractivity contribution in [2.45, 2.75) is 31.7 Å². The first kappa shape index (κ1) is 12.5. The first-order valence-corrected chi connectivity index (χ1v) is 5.62. The van der Waals surface area contributed by atoms with Crippen molar-refractivity contribution in [1.29, 1.82) is 0 Å². The number of ether oxygens (including phenoxy) is 1. The highest BCUT2D eigenvalue weighted by Crippen LogP contribution is 2.29. The van der Waals surface area contributed by atoms with Gasteiger partial charge in [0.25, 0.3) is 0 Å². The predicted octanol–water partition coefficient (Wildman–Crippen LogP) is 0.609. The molecule has 2 N–H and O–H groups in total. The number of nitrogens with two attached hydrogens (primary N) is 1. The first-order valence-electron chi connectivity index (χ1n) is 5.62. The van der Waals surface area contributed by atoms with E-state index in [1.54, 1.807) is 12.0 Å². The second-order valence-corrected chi connectivity index (χ2v) is 4.49. The highest BCUT2D eigenvalue weighted by molar-refractivity contribution is 5.76. The van der Waals surface area contributed by atoms with Gasteiger partial charge in [-0.3, -0.25) is 4.79 Å². The van der Waals surface area contributed by atoms with E-state index in [9.17, 15) is 4.79 Å². The lowest BCUT2D eigenvalue weighted by Crippen LogP contribution is -2.41. The molecule has 1 aliphatic rings. The third kappa shape index (κ3) is 4.18. The molecule has 4 nitrogen and oxygen atoms in total. The van der Waals surface area contributed by atoms with Crippen LogP contribution in [0.15, 0.2) is 0 Å². The smallest absolute Gasteiger partial charge is 0.222 e. The fraction of sp³-hybridized carbons (Fsp3) is 0.909. The van der Waals surface area contributed by atoms with Gasteiger partial charge in [0.05, 0.1) is 6.61 Å². The maximum atomic E-state index is 11.7. The third-order valence-corrected chi connectivity index (χ3v) is 3.00. The number of hydrogen-bond acceptors (Lipinski definition) is 3. The van der Waals surface area contributed by atoms with Gasteiger partial charge >= 0.3 is 0 Å². The fourth-order valence-electron chi connectivity index (χ4n) is 1.82. The number of methoxy groups -OCH3 is 1. The van der Waals surface area contributed by atoms with Crippen LogP contribution < -0.4 is 5.73 Å². The van der Waals surface area contributed by atoms with Crippen LogP contribution in [0.5, 0.6) is 0 Å². The van der Waals surface area contributed by atoms with Gasteiger partial charge in [0.15, 0.2) is 0 Å². The minimum atomic E-state index is -0.0784. The minimum Gasteiger partial charge on any atom is -0.383 e. The van der Waals surface area contributed by atoms with E-state index in [0.29, 0.717) is 25.5 Å². The molecule has 0 aromatic rings. The maximum Gasteiger partial charge on any atom is 0.222 e. The Balaban J connectivity index is 2.19. The van der Waals surface area contributed by atoms with Gasteiger partial charge in [-0.25, -0.2) is 0 Å². The lowest BCUT2D eigenvalue weighted by atomic mass is 9.83. The van der Waals surface area contributed by atoms with Crippen molar-refractivity contribution >= 4 is 5.91 Å². The van der Waals surface area contributed by atoms with E-state index < -0.39 is 0 Å². The molecule has 0 bridgehead atoms. The van der Waals surface area contributed by atoms with Crippen LogP contribution >= 0.6 is 0 Å². The fourth-order valence-corrected chi connectivity index (χ4v) is 1.82. The van der Waals surface area contributed by atoms with Gasteiger partial charge in [-0.1, -0.05) is 6.42 Å². The van der Waals surface area contributed by atoms with E-state index in [1.807, 2.05) is 7.05 Å². The highest BCUT2D eigenvalue weighted by Gasteiger charge is 2.22. The number of hydrogen-bond donors (Lipinski definition) is 1. The molecular formula is C11H22N2O2. The van der Waals surface area contributed by atoms with Gasteiger partial charge in [-0.05, 0) is 18.8 Å². The quantitative estimate of drug-likeness (QED) is 0.704. The number of rotatable bonds is 6. The van der Waals surface area contributed by atoms with Gasteiger partial charge in [-0.2, -0.15) is 0 Å². The van der Waals surface area contributed by atoms with Crippen molar-refractivity contribution in [3.63, 3.8) is 0 Å². The largest absolute Gasteiger partial charge is 0.383 e. The predicted molar refractivity (Wildman–Crippen MR) is 59.4 cm³/mol. The van der Waals surface area contributed by atoms with Crippen molar-refractivity contribution in [3.05, 3.63) is 0 Å². The molecule has 88 valence electrons. The van der Waals surface area contributed by atoms with Crippen LogP contribution in [0, 0.1) is 5.92 Å². The van der Waals surface area contributed by atoms with Gasteiger partial charge in [-0.15, -0.1) is 0 Å². The standard InChI is InChI=1S/C11H22N2O2/c1-13(7-10(12)8-15-2)11(14)6-9-4-3-5-9/h9-10H,3-8,12H2,1-2H3. The topological polar surface area (TPSA) is 55.6 Å². The minimum absolute atomic E-state index is 0.0784. The Hall–Kier alpha value is -0.610. The number of carbonyl (C=O) groups excluding carboxylic acids is 1. The third-order valence-electron chi connectivity index (χ3n) is 3.00. The van der Waals surface area contributed by atoms with Crippen LogP contribution in [0.25, 0.3) is 0 Å². The van der Waals surface area contributed by atoms with E-state index in [1.165, 1.54) is 19.3 Å². The first-order chi connectivity index (χ1) is 7.13. The molecule has 4 heteroatoms. The van der Waals surface area contributed by atoms with E-state index in [0.717, 1.165) is 0 Å². The molecule has 1 rings (SSSR count). The normalized spacial score (nSPS) is 18.3. The van der Waals surface area contributed by atoms with E-state index >= 15 is 0 Å². The summed E-state index contributed by atoms with van der Waals surface area (Å²) in [4.78, 5) is 13.4. The lowest BCUT2D eigenvalue weighted by molar-refractivity contribution is -0.131. The Labute approximate surface area is 91.8 Å². The van der Waals surface area contributed by atoms with Crippen molar-refractivity contribution in [1.82, 2.24) is 4.90 Å². The van der Waals surface area contributed by atoms with Crippen LogP contribution in [0.3, 0.4) is 0 Å². The number of nitrogens with zero attached hydrogens (tertiary/aromatic N) is 1. The average Bonchev–Trinajstić information content (AvgIpc) is 2.11. The molecule has 0 radical (unpaired) electrons. The Morgan fingerprint density at radius 2 is 2.27 bits per heavy atom. The molecule has 1 saturated carbocycles. The van der Waals surface area contributed by atoms with Gasteiger partial charge in [0.2, 0.25) is 5.91 Å². The second kappa shape index (κ2) is 6.08. The molecule has 1 unspecified atom stereocenters. The van der Waals surface area contributed by atoms with Crippen molar-refractivity contribution in [2.24, 2.45) is 11.7 Å². The van der Waals surface area contributed by atoms with Gasteiger partial charge < -0.3 is 15.4 Å². The molecule has 0 aliphatic heterocycles. The Morgan fingerprint density at radius 1 is 1.60 bits per heavy atom. The maximum absolute atomic E-state index is 11.7. The van der Waals surface area contributed by atoms with E-state index in [-0.39, 0.29) is 11.9 Å². The molecule has 0 heterocycles. The zero-order valence-electron chi connectivity index (χ0n) is 9.74. The molecular weight excluding hydrogens is 192 g/mol. The average molecular weight is 214 g/mol. The van der Waals surface area contributed by atoms with Crippen LogP contribution in [-0.4, -0.2) is 44.2 Å². The summed E-state index contributed by atoms with van der Waals surface area (Å²) in [5.41, 5.74) is 5.78. The van der Waals surface area contributed by atoms with Gasteiger partial charge in [0, 0.05) is 33.2 Å². The van der Waals surface area contributed by atoms with Crippen LogP contribution in [0.4, 0.5) is 0 Å². The Bertz CT molecular complexity index is 205. The summed E-state index contributed by atoms with van der Waals surface area (Å²) in [6.07, 6.45) is 4.40. The van der Waals surface area contributed by atoms with Crippen LogP contribution in [-0.2, 0) is 9.53 Å². The van der Waals surface area contributed by atoms with E-state index in [4.69, 9.17) is 10.5 Å². The molecule has 0 saturated heterocycles. The summed E-state index contributed by atoms with van der Waals surface area (Å²) >= 11 is 0.